The van der Waals surface area contributed by atoms with Crippen molar-refractivity contribution < 1.29 is 4.79 Å². The first kappa shape index (κ1) is 17.0. The van der Waals surface area contributed by atoms with Crippen molar-refractivity contribution in [1.82, 2.24) is 24.9 Å². The fourth-order valence-corrected chi connectivity index (χ4v) is 2.59. The molecule has 2 heterocycles. The second-order valence-corrected chi connectivity index (χ2v) is 6.21. The van der Waals surface area contributed by atoms with Gasteiger partial charge in [0.25, 0.3) is 0 Å². The highest BCUT2D eigenvalue weighted by molar-refractivity contribution is 9.10. The molecule has 8 heteroatoms. The van der Waals surface area contributed by atoms with Gasteiger partial charge in [-0.1, -0.05) is 11.6 Å². The number of aromatic nitrogens is 4. The van der Waals surface area contributed by atoms with Crippen molar-refractivity contribution in [3.63, 3.8) is 0 Å². The maximum Gasteiger partial charge on any atom is 0.222 e. The van der Waals surface area contributed by atoms with E-state index in [1.54, 1.807) is 10.9 Å². The predicted octanol–water partition coefficient (Wildman–Crippen LogP) is 2.84. The lowest BCUT2D eigenvalue weighted by Gasteiger charge is -2.06. The van der Waals surface area contributed by atoms with Crippen molar-refractivity contribution in [2.75, 3.05) is 0 Å². The van der Waals surface area contributed by atoms with Crippen LogP contribution >= 0.6 is 27.5 Å². The van der Waals surface area contributed by atoms with E-state index >= 15 is 0 Å². The van der Waals surface area contributed by atoms with E-state index in [0.29, 0.717) is 30.2 Å². The van der Waals surface area contributed by atoms with Crippen LogP contribution in [-0.4, -0.2) is 25.5 Å². The van der Waals surface area contributed by atoms with Crippen molar-refractivity contribution in [3.8, 4) is 0 Å². The Bertz CT molecular complexity index is 679. The third kappa shape index (κ3) is 3.89. The molecule has 0 fully saturated rings. The number of rotatable bonds is 6. The van der Waals surface area contributed by atoms with E-state index in [4.69, 9.17) is 11.6 Å². The Morgan fingerprint density at radius 1 is 1.41 bits per heavy atom. The summed E-state index contributed by atoms with van der Waals surface area (Å²) in [5.74, 6) is -0.0502. The number of carbonyl (C=O) groups is 1. The van der Waals surface area contributed by atoms with E-state index in [1.165, 1.54) is 0 Å². The molecule has 0 radical (unpaired) electrons. The van der Waals surface area contributed by atoms with E-state index in [-0.39, 0.29) is 5.91 Å². The largest absolute Gasteiger partial charge is 0.350 e. The average molecular weight is 389 g/mol. The second kappa shape index (κ2) is 7.28. The van der Waals surface area contributed by atoms with Crippen LogP contribution in [0.1, 0.15) is 30.4 Å². The molecule has 22 heavy (non-hydrogen) atoms. The Labute approximate surface area is 143 Å². The van der Waals surface area contributed by atoms with Crippen LogP contribution in [0.5, 0.6) is 0 Å². The average Bonchev–Trinajstić information content (AvgIpc) is 2.98. The van der Waals surface area contributed by atoms with E-state index in [2.05, 4.69) is 31.4 Å². The van der Waals surface area contributed by atoms with Crippen LogP contribution in [0.2, 0.25) is 5.02 Å². The quantitative estimate of drug-likeness (QED) is 0.827. The molecule has 0 aromatic carbocycles. The summed E-state index contributed by atoms with van der Waals surface area (Å²) in [6, 6.07) is 0. The van der Waals surface area contributed by atoms with Gasteiger partial charge in [-0.3, -0.25) is 14.2 Å². The number of halogens is 2. The molecule has 0 unspecified atom stereocenters. The van der Waals surface area contributed by atoms with Gasteiger partial charge < -0.3 is 5.32 Å². The summed E-state index contributed by atoms with van der Waals surface area (Å²) in [5.41, 5.74) is 2.63. The zero-order valence-corrected chi connectivity index (χ0v) is 15.2. The molecule has 1 N–H and O–H groups in total. The van der Waals surface area contributed by atoms with Crippen molar-refractivity contribution in [2.24, 2.45) is 0 Å². The molecule has 0 aliphatic heterocycles. The van der Waals surface area contributed by atoms with Crippen LogP contribution in [0.25, 0.3) is 0 Å². The lowest BCUT2D eigenvalue weighted by molar-refractivity contribution is -0.121. The van der Waals surface area contributed by atoms with Gasteiger partial charge in [-0.2, -0.15) is 10.2 Å². The van der Waals surface area contributed by atoms with Gasteiger partial charge in [-0.15, -0.1) is 0 Å². The highest BCUT2D eigenvalue weighted by atomic mass is 79.9. The van der Waals surface area contributed by atoms with E-state index in [1.807, 2.05) is 25.5 Å². The first-order valence-corrected chi connectivity index (χ1v) is 8.27. The van der Waals surface area contributed by atoms with Crippen LogP contribution in [-0.2, 0) is 24.4 Å². The van der Waals surface area contributed by atoms with Crippen LogP contribution < -0.4 is 5.32 Å². The van der Waals surface area contributed by atoms with Gasteiger partial charge in [0.2, 0.25) is 5.91 Å². The predicted molar refractivity (Wildman–Crippen MR) is 88.8 cm³/mol. The Morgan fingerprint density at radius 3 is 2.68 bits per heavy atom. The number of aryl methyl sites for hydroxylation is 3. The van der Waals surface area contributed by atoms with Crippen LogP contribution in [0.3, 0.4) is 0 Å². The van der Waals surface area contributed by atoms with Crippen molar-refractivity contribution in [2.45, 2.75) is 46.8 Å². The van der Waals surface area contributed by atoms with Gasteiger partial charge in [0, 0.05) is 24.9 Å². The Kier molecular flexibility index (Phi) is 5.63. The molecule has 1 amide bonds. The Morgan fingerprint density at radius 2 is 2.14 bits per heavy atom. The van der Waals surface area contributed by atoms with Crippen molar-refractivity contribution in [3.05, 3.63) is 32.8 Å². The maximum absolute atomic E-state index is 11.9. The van der Waals surface area contributed by atoms with Gasteiger partial charge in [0.15, 0.2) is 0 Å². The number of hydrogen-bond acceptors (Lipinski definition) is 3. The SMILES string of the molecule is CCn1cc(Cl)c(CNC(=O)CCn2nc(C)c(Br)c2C)n1. The molecule has 0 atom stereocenters. The standard InChI is InChI=1S/C14H19BrClN5O/c1-4-20-8-11(16)12(19-20)7-17-13(22)5-6-21-10(3)14(15)9(2)18-21/h8H,4-7H2,1-3H3,(H,17,22). The monoisotopic (exact) mass is 387 g/mol. The molecule has 6 nitrogen and oxygen atoms in total. The number of nitrogens with zero attached hydrogens (tertiary/aromatic N) is 4. The fourth-order valence-electron chi connectivity index (χ4n) is 2.09. The van der Waals surface area contributed by atoms with Crippen LogP contribution in [0.4, 0.5) is 0 Å². The minimum absolute atomic E-state index is 0.0502. The lowest BCUT2D eigenvalue weighted by Crippen LogP contribution is -2.24. The third-order valence-corrected chi connectivity index (χ3v) is 4.87. The summed E-state index contributed by atoms with van der Waals surface area (Å²) in [6.45, 7) is 7.52. The second-order valence-electron chi connectivity index (χ2n) is 5.01. The minimum atomic E-state index is -0.0502. The summed E-state index contributed by atoms with van der Waals surface area (Å²) in [6.07, 6.45) is 2.12. The van der Waals surface area contributed by atoms with Crippen molar-refractivity contribution >= 4 is 33.4 Å². The topological polar surface area (TPSA) is 64.7 Å². The Balaban J connectivity index is 1.85. The summed E-state index contributed by atoms with van der Waals surface area (Å²) in [5, 5.41) is 12.1. The van der Waals surface area contributed by atoms with Gasteiger partial charge in [-0.25, -0.2) is 0 Å². The summed E-state index contributed by atoms with van der Waals surface area (Å²) < 4.78 is 4.57. The zero-order valence-electron chi connectivity index (χ0n) is 12.9. The first-order valence-electron chi connectivity index (χ1n) is 7.10. The third-order valence-electron chi connectivity index (χ3n) is 3.41. The maximum atomic E-state index is 11.9. The normalized spacial score (nSPS) is 11.0. The molecular formula is C14H19BrClN5O. The molecule has 2 aromatic heterocycles. The summed E-state index contributed by atoms with van der Waals surface area (Å²) >= 11 is 9.54. The molecule has 0 saturated heterocycles. The number of amides is 1. The number of nitrogens with one attached hydrogen (secondary N) is 1. The first-order chi connectivity index (χ1) is 10.4. The zero-order chi connectivity index (χ0) is 16.3. The Hall–Kier alpha value is -1.34. The molecule has 0 aliphatic carbocycles. The molecule has 0 bridgehead atoms. The molecule has 2 aromatic rings. The molecule has 0 spiro atoms. The van der Waals surface area contributed by atoms with Gasteiger partial charge in [0.1, 0.15) is 5.69 Å². The molecule has 2 rings (SSSR count). The number of hydrogen-bond donors (Lipinski definition) is 1. The fraction of sp³-hybridized carbons (Fsp3) is 0.500. The van der Waals surface area contributed by atoms with Gasteiger partial charge >= 0.3 is 0 Å². The van der Waals surface area contributed by atoms with E-state index < -0.39 is 0 Å². The summed E-state index contributed by atoms with van der Waals surface area (Å²) in [4.78, 5) is 11.9. The van der Waals surface area contributed by atoms with Crippen molar-refractivity contribution in [1.29, 1.82) is 0 Å². The highest BCUT2D eigenvalue weighted by Gasteiger charge is 2.11. The van der Waals surface area contributed by atoms with E-state index in [9.17, 15) is 4.79 Å². The van der Waals surface area contributed by atoms with Gasteiger partial charge in [-0.05, 0) is 36.7 Å². The van der Waals surface area contributed by atoms with Crippen LogP contribution in [0, 0.1) is 13.8 Å². The number of carbonyl (C=O) groups excluding carboxylic acids is 1. The summed E-state index contributed by atoms with van der Waals surface area (Å²) in [7, 11) is 0. The minimum Gasteiger partial charge on any atom is -0.350 e. The molecular weight excluding hydrogens is 370 g/mol. The van der Waals surface area contributed by atoms with Gasteiger partial charge in [0.05, 0.1) is 28.3 Å². The lowest BCUT2D eigenvalue weighted by atomic mass is 10.3. The smallest absolute Gasteiger partial charge is 0.222 e. The molecule has 120 valence electrons. The van der Waals surface area contributed by atoms with E-state index in [0.717, 1.165) is 22.4 Å². The molecule has 0 saturated carbocycles. The van der Waals surface area contributed by atoms with Crippen LogP contribution in [0.15, 0.2) is 10.7 Å². The highest BCUT2D eigenvalue weighted by Crippen LogP contribution is 2.19. The molecule has 0 aliphatic rings.